The monoisotopic (exact) mass is 251 g/mol. The number of carbonyl (C=O) groups excluding carboxylic acids is 1. The van der Waals surface area contributed by atoms with Gasteiger partial charge in [-0.05, 0) is 43.1 Å². The predicted molar refractivity (Wildman–Crippen MR) is 67.3 cm³/mol. The van der Waals surface area contributed by atoms with Gasteiger partial charge < -0.3 is 10.1 Å². The van der Waals surface area contributed by atoms with E-state index in [9.17, 15) is 9.18 Å². The van der Waals surface area contributed by atoms with E-state index in [0.29, 0.717) is 24.3 Å². The van der Waals surface area contributed by atoms with Crippen LogP contribution in [0.1, 0.15) is 18.4 Å². The van der Waals surface area contributed by atoms with Crippen molar-refractivity contribution in [3.8, 4) is 5.75 Å². The molecule has 1 atom stereocenters. The number of methoxy groups -OCH3 is 1. The summed E-state index contributed by atoms with van der Waals surface area (Å²) < 4.78 is 18.3. The Labute approximate surface area is 106 Å². The summed E-state index contributed by atoms with van der Waals surface area (Å²) in [6.45, 7) is 1.91. The zero-order valence-corrected chi connectivity index (χ0v) is 10.5. The molecule has 1 fully saturated rings. The second kappa shape index (κ2) is 5.96. The lowest BCUT2D eigenvalue weighted by molar-refractivity contribution is -0.119. The minimum atomic E-state index is -0.412. The summed E-state index contributed by atoms with van der Waals surface area (Å²) in [6, 6.07) is 4.69. The van der Waals surface area contributed by atoms with Gasteiger partial charge in [-0.25, -0.2) is 4.39 Å². The zero-order valence-electron chi connectivity index (χ0n) is 10.5. The van der Waals surface area contributed by atoms with Crippen molar-refractivity contribution in [1.82, 2.24) is 5.32 Å². The normalized spacial score (nSPS) is 18.9. The first kappa shape index (κ1) is 13.0. The van der Waals surface area contributed by atoms with Crippen LogP contribution in [0.2, 0.25) is 0 Å². The van der Waals surface area contributed by atoms with Gasteiger partial charge in [0.05, 0.1) is 7.11 Å². The lowest BCUT2D eigenvalue weighted by atomic mass is 9.98. The average molecular weight is 251 g/mol. The van der Waals surface area contributed by atoms with Gasteiger partial charge in [0.15, 0.2) is 11.6 Å². The Hall–Kier alpha value is -1.42. The SMILES string of the molecule is COc1ccc(CC(=O)CC2CCNC2)cc1F. The highest BCUT2D eigenvalue weighted by molar-refractivity contribution is 5.81. The molecule has 0 spiro atoms. The van der Waals surface area contributed by atoms with E-state index in [1.165, 1.54) is 13.2 Å². The van der Waals surface area contributed by atoms with Crippen LogP contribution in [0, 0.1) is 11.7 Å². The predicted octanol–water partition coefficient (Wildman–Crippen LogP) is 1.95. The number of halogens is 1. The lowest BCUT2D eigenvalue weighted by Crippen LogP contribution is -2.14. The molecular formula is C14H18FNO2. The molecule has 0 aliphatic carbocycles. The first-order valence-electron chi connectivity index (χ1n) is 6.24. The van der Waals surface area contributed by atoms with Gasteiger partial charge in [-0.2, -0.15) is 0 Å². The molecule has 18 heavy (non-hydrogen) atoms. The standard InChI is InChI=1S/C14H18FNO2/c1-18-14-3-2-10(8-13(14)15)6-12(17)7-11-4-5-16-9-11/h2-3,8,11,16H,4-7,9H2,1H3. The molecule has 1 aliphatic heterocycles. The summed E-state index contributed by atoms with van der Waals surface area (Å²) in [5.74, 6) is 0.422. The van der Waals surface area contributed by atoms with Gasteiger partial charge in [-0.15, -0.1) is 0 Å². The fourth-order valence-corrected chi connectivity index (χ4v) is 2.33. The van der Waals surface area contributed by atoms with Crippen molar-refractivity contribution in [2.75, 3.05) is 20.2 Å². The quantitative estimate of drug-likeness (QED) is 0.869. The maximum absolute atomic E-state index is 13.5. The Kier molecular flexibility index (Phi) is 4.31. The topological polar surface area (TPSA) is 38.3 Å². The Balaban J connectivity index is 1.92. The highest BCUT2D eigenvalue weighted by Crippen LogP contribution is 2.19. The molecule has 0 saturated carbocycles. The van der Waals surface area contributed by atoms with Crippen molar-refractivity contribution >= 4 is 5.78 Å². The minimum absolute atomic E-state index is 0.174. The fourth-order valence-electron chi connectivity index (χ4n) is 2.33. The summed E-state index contributed by atoms with van der Waals surface area (Å²) >= 11 is 0. The van der Waals surface area contributed by atoms with Crippen molar-refractivity contribution in [3.63, 3.8) is 0 Å². The third-order valence-corrected chi connectivity index (χ3v) is 3.30. The van der Waals surface area contributed by atoms with E-state index in [1.807, 2.05) is 0 Å². The van der Waals surface area contributed by atoms with Crippen LogP contribution in [0.15, 0.2) is 18.2 Å². The van der Waals surface area contributed by atoms with Crippen molar-refractivity contribution < 1.29 is 13.9 Å². The Morgan fingerprint density at radius 2 is 2.39 bits per heavy atom. The first-order valence-corrected chi connectivity index (χ1v) is 6.24. The highest BCUT2D eigenvalue weighted by atomic mass is 19.1. The third kappa shape index (κ3) is 3.29. The summed E-state index contributed by atoms with van der Waals surface area (Å²) in [6.07, 6.45) is 1.95. The molecule has 98 valence electrons. The molecule has 1 aromatic rings. The van der Waals surface area contributed by atoms with Gasteiger partial charge in [0.1, 0.15) is 5.78 Å². The van der Waals surface area contributed by atoms with Gasteiger partial charge in [0.2, 0.25) is 0 Å². The van der Waals surface area contributed by atoms with Crippen LogP contribution in [-0.4, -0.2) is 26.0 Å². The van der Waals surface area contributed by atoms with Crippen LogP contribution in [0.25, 0.3) is 0 Å². The van der Waals surface area contributed by atoms with Crippen molar-refractivity contribution in [2.45, 2.75) is 19.3 Å². The summed E-state index contributed by atoms with van der Waals surface area (Å²) in [7, 11) is 1.43. The summed E-state index contributed by atoms with van der Waals surface area (Å²) in [4.78, 5) is 11.9. The molecule has 4 heteroatoms. The number of ether oxygens (including phenoxy) is 1. The number of hydrogen-bond acceptors (Lipinski definition) is 3. The average Bonchev–Trinajstić information content (AvgIpc) is 2.82. The van der Waals surface area contributed by atoms with Crippen LogP contribution in [0.5, 0.6) is 5.75 Å². The van der Waals surface area contributed by atoms with E-state index < -0.39 is 5.82 Å². The fraction of sp³-hybridized carbons (Fsp3) is 0.500. The number of ketones is 1. The molecule has 0 aromatic heterocycles. The Morgan fingerprint density at radius 1 is 1.56 bits per heavy atom. The summed E-state index contributed by atoms with van der Waals surface area (Å²) in [5, 5.41) is 3.24. The van der Waals surface area contributed by atoms with Gasteiger partial charge in [-0.1, -0.05) is 6.07 Å². The number of Topliss-reactive ketones (excluding diaryl/α,β-unsaturated/α-hetero) is 1. The molecule has 3 nitrogen and oxygen atoms in total. The van der Waals surface area contributed by atoms with Gasteiger partial charge >= 0.3 is 0 Å². The van der Waals surface area contributed by atoms with Crippen LogP contribution < -0.4 is 10.1 Å². The highest BCUT2D eigenvalue weighted by Gasteiger charge is 2.18. The van der Waals surface area contributed by atoms with Gasteiger partial charge in [-0.3, -0.25) is 4.79 Å². The van der Waals surface area contributed by atoms with Crippen LogP contribution >= 0.6 is 0 Å². The number of benzene rings is 1. The maximum Gasteiger partial charge on any atom is 0.165 e. The molecule has 1 heterocycles. The smallest absolute Gasteiger partial charge is 0.165 e. The molecule has 1 aromatic carbocycles. The second-order valence-electron chi connectivity index (χ2n) is 4.75. The third-order valence-electron chi connectivity index (χ3n) is 3.30. The van der Waals surface area contributed by atoms with E-state index in [4.69, 9.17) is 4.74 Å². The number of carbonyl (C=O) groups is 1. The molecule has 0 radical (unpaired) electrons. The van der Waals surface area contributed by atoms with E-state index in [2.05, 4.69) is 5.32 Å². The van der Waals surface area contributed by atoms with E-state index in [-0.39, 0.29) is 11.5 Å². The van der Waals surface area contributed by atoms with E-state index in [1.54, 1.807) is 12.1 Å². The maximum atomic E-state index is 13.5. The van der Waals surface area contributed by atoms with Crippen LogP contribution in [0.4, 0.5) is 4.39 Å². The molecule has 1 saturated heterocycles. The van der Waals surface area contributed by atoms with Gasteiger partial charge in [0, 0.05) is 12.8 Å². The molecule has 1 aliphatic rings. The van der Waals surface area contributed by atoms with E-state index >= 15 is 0 Å². The van der Waals surface area contributed by atoms with Crippen molar-refractivity contribution in [1.29, 1.82) is 0 Å². The Morgan fingerprint density at radius 3 is 3.00 bits per heavy atom. The largest absolute Gasteiger partial charge is 0.494 e. The number of hydrogen-bond donors (Lipinski definition) is 1. The molecule has 0 amide bonds. The molecule has 2 rings (SSSR count). The molecule has 1 N–H and O–H groups in total. The van der Waals surface area contributed by atoms with Crippen molar-refractivity contribution in [3.05, 3.63) is 29.6 Å². The second-order valence-corrected chi connectivity index (χ2v) is 4.75. The minimum Gasteiger partial charge on any atom is -0.494 e. The number of rotatable bonds is 5. The summed E-state index contributed by atoms with van der Waals surface area (Å²) in [5.41, 5.74) is 0.712. The zero-order chi connectivity index (χ0) is 13.0. The van der Waals surface area contributed by atoms with Crippen LogP contribution in [0.3, 0.4) is 0 Å². The molecule has 1 unspecified atom stereocenters. The van der Waals surface area contributed by atoms with Gasteiger partial charge in [0.25, 0.3) is 0 Å². The lowest BCUT2D eigenvalue weighted by Gasteiger charge is -2.08. The van der Waals surface area contributed by atoms with E-state index in [0.717, 1.165) is 19.5 Å². The first-order chi connectivity index (χ1) is 8.69. The van der Waals surface area contributed by atoms with Crippen molar-refractivity contribution in [2.24, 2.45) is 5.92 Å². The Bertz CT molecular complexity index is 428. The van der Waals surface area contributed by atoms with Crippen LogP contribution in [-0.2, 0) is 11.2 Å². The molecule has 0 bridgehead atoms. The number of nitrogens with one attached hydrogen (secondary N) is 1. The molecular weight excluding hydrogens is 233 g/mol.